The summed E-state index contributed by atoms with van der Waals surface area (Å²) in [6.45, 7) is 1.45. The average Bonchev–Trinajstić information content (AvgIpc) is 2.95. The van der Waals surface area contributed by atoms with Crippen LogP contribution in [0, 0.1) is 0 Å². The third-order valence-electron chi connectivity index (χ3n) is 4.54. The highest BCUT2D eigenvalue weighted by Gasteiger charge is 2.32. The predicted octanol–water partition coefficient (Wildman–Crippen LogP) is 3.65. The van der Waals surface area contributed by atoms with Gasteiger partial charge in [-0.2, -0.15) is 0 Å². The molecule has 0 N–H and O–H groups in total. The van der Waals surface area contributed by atoms with Crippen molar-refractivity contribution in [1.29, 1.82) is 0 Å². The second-order valence-electron chi connectivity index (χ2n) is 6.44. The Morgan fingerprint density at radius 2 is 1.84 bits per heavy atom. The van der Waals surface area contributed by atoms with E-state index in [2.05, 4.69) is 33.0 Å². The summed E-state index contributed by atoms with van der Waals surface area (Å²) in [5.74, 6) is 1.36. The summed E-state index contributed by atoms with van der Waals surface area (Å²) in [6, 6.07) is 16.2. The van der Waals surface area contributed by atoms with Gasteiger partial charge in [-0.05, 0) is 41.8 Å². The first-order chi connectivity index (χ1) is 11.9. The van der Waals surface area contributed by atoms with Crippen LogP contribution in [-0.4, -0.2) is 38.0 Å². The first-order valence-corrected chi connectivity index (χ1v) is 10.9. The van der Waals surface area contributed by atoms with Gasteiger partial charge in [0.2, 0.25) is 0 Å². The average molecular weight is 424 g/mol. The highest BCUT2D eigenvalue weighted by Crippen LogP contribution is 2.24. The van der Waals surface area contributed by atoms with Crippen molar-refractivity contribution in [3.05, 3.63) is 64.1 Å². The lowest BCUT2D eigenvalue weighted by Gasteiger charge is -2.28. The molecule has 0 saturated carbocycles. The Kier molecular flexibility index (Phi) is 5.81. The lowest BCUT2D eigenvalue weighted by atomic mass is 10.1. The zero-order valence-corrected chi connectivity index (χ0v) is 16.6. The Balaban J connectivity index is 1.80. The molecule has 1 saturated heterocycles. The third kappa shape index (κ3) is 5.06. The molecule has 25 heavy (non-hydrogen) atoms. The van der Waals surface area contributed by atoms with E-state index in [0.29, 0.717) is 6.42 Å². The molecule has 2 aromatic carbocycles. The number of methoxy groups -OCH3 is 1. The van der Waals surface area contributed by atoms with Gasteiger partial charge in [0, 0.05) is 23.6 Å². The van der Waals surface area contributed by atoms with Crippen LogP contribution in [0.2, 0.25) is 0 Å². The van der Waals surface area contributed by atoms with Crippen molar-refractivity contribution in [1.82, 2.24) is 4.90 Å². The van der Waals surface area contributed by atoms with Crippen LogP contribution in [0.15, 0.2) is 53.0 Å². The molecule has 0 aliphatic carbocycles. The van der Waals surface area contributed by atoms with Crippen LogP contribution in [-0.2, 0) is 22.9 Å². The number of hydrogen-bond donors (Lipinski definition) is 0. The molecule has 1 heterocycles. The second-order valence-corrected chi connectivity index (χ2v) is 9.58. The van der Waals surface area contributed by atoms with Crippen LogP contribution < -0.4 is 4.74 Å². The Morgan fingerprint density at radius 1 is 1.12 bits per heavy atom. The minimum absolute atomic E-state index is 0.0612. The molecule has 6 heteroatoms. The van der Waals surface area contributed by atoms with E-state index in [9.17, 15) is 8.42 Å². The standard InChI is InChI=1S/C19H22BrNO3S/c1-24-19-7-5-15(6-8-19)12-21(18-9-10-25(22,23)14-18)13-16-3-2-4-17(20)11-16/h2-8,11,18H,9-10,12-14H2,1H3. The molecule has 0 aromatic heterocycles. The molecule has 4 nitrogen and oxygen atoms in total. The molecule has 1 unspecified atom stereocenters. The van der Waals surface area contributed by atoms with Crippen LogP contribution in [0.4, 0.5) is 0 Å². The van der Waals surface area contributed by atoms with Gasteiger partial charge < -0.3 is 4.74 Å². The number of halogens is 1. The normalized spacial score (nSPS) is 19.2. The number of hydrogen-bond acceptors (Lipinski definition) is 4. The highest BCUT2D eigenvalue weighted by molar-refractivity contribution is 9.10. The Morgan fingerprint density at radius 3 is 2.44 bits per heavy atom. The van der Waals surface area contributed by atoms with Crippen LogP contribution in [0.5, 0.6) is 5.75 Å². The van der Waals surface area contributed by atoms with Gasteiger partial charge >= 0.3 is 0 Å². The molecule has 0 radical (unpaired) electrons. The molecule has 1 atom stereocenters. The number of ether oxygens (including phenoxy) is 1. The fourth-order valence-corrected chi connectivity index (χ4v) is 5.42. The molecule has 0 amide bonds. The van der Waals surface area contributed by atoms with Gasteiger partial charge in [0.1, 0.15) is 5.75 Å². The maximum Gasteiger partial charge on any atom is 0.151 e. The largest absolute Gasteiger partial charge is 0.497 e. The van der Waals surface area contributed by atoms with Crippen molar-refractivity contribution in [2.24, 2.45) is 0 Å². The van der Waals surface area contributed by atoms with Crippen molar-refractivity contribution in [3.63, 3.8) is 0 Å². The monoisotopic (exact) mass is 423 g/mol. The first kappa shape index (κ1) is 18.4. The molecular weight excluding hydrogens is 402 g/mol. The van der Waals surface area contributed by atoms with Crippen LogP contribution >= 0.6 is 15.9 Å². The summed E-state index contributed by atoms with van der Waals surface area (Å²) < 4.78 is 30.1. The lowest BCUT2D eigenvalue weighted by Crippen LogP contribution is -2.35. The summed E-state index contributed by atoms with van der Waals surface area (Å²) in [6.07, 6.45) is 0.701. The summed E-state index contributed by atoms with van der Waals surface area (Å²) in [5.41, 5.74) is 2.33. The highest BCUT2D eigenvalue weighted by atomic mass is 79.9. The smallest absolute Gasteiger partial charge is 0.151 e. The fourth-order valence-electron chi connectivity index (χ4n) is 3.21. The number of nitrogens with zero attached hydrogens (tertiary/aromatic N) is 1. The van der Waals surface area contributed by atoms with Gasteiger partial charge in [-0.25, -0.2) is 8.42 Å². The number of sulfone groups is 1. The van der Waals surface area contributed by atoms with E-state index in [4.69, 9.17) is 4.74 Å². The van der Waals surface area contributed by atoms with E-state index in [-0.39, 0.29) is 17.5 Å². The molecule has 1 aliphatic rings. The van der Waals surface area contributed by atoms with Gasteiger partial charge in [-0.15, -0.1) is 0 Å². The van der Waals surface area contributed by atoms with Gasteiger partial charge in [-0.1, -0.05) is 40.2 Å². The molecule has 2 aromatic rings. The van der Waals surface area contributed by atoms with Gasteiger partial charge in [0.05, 0.1) is 18.6 Å². The van der Waals surface area contributed by atoms with Crippen LogP contribution in [0.3, 0.4) is 0 Å². The van der Waals surface area contributed by atoms with Crippen molar-refractivity contribution >= 4 is 25.8 Å². The Labute approximate surface area is 157 Å². The fraction of sp³-hybridized carbons (Fsp3) is 0.368. The Bertz CT molecular complexity index is 821. The van der Waals surface area contributed by atoms with Gasteiger partial charge in [0.15, 0.2) is 9.84 Å². The molecule has 134 valence electrons. The quantitative estimate of drug-likeness (QED) is 0.711. The van der Waals surface area contributed by atoms with E-state index in [1.807, 2.05) is 36.4 Å². The SMILES string of the molecule is COc1ccc(CN(Cc2cccc(Br)c2)C2CCS(=O)(=O)C2)cc1. The third-order valence-corrected chi connectivity index (χ3v) is 6.79. The number of benzene rings is 2. The summed E-state index contributed by atoms with van der Waals surface area (Å²) in [4.78, 5) is 2.27. The van der Waals surface area contributed by atoms with Crippen molar-refractivity contribution in [2.75, 3.05) is 18.6 Å². The zero-order chi connectivity index (χ0) is 17.9. The van der Waals surface area contributed by atoms with Crippen molar-refractivity contribution in [2.45, 2.75) is 25.6 Å². The summed E-state index contributed by atoms with van der Waals surface area (Å²) >= 11 is 3.51. The Hall–Kier alpha value is -1.37. The maximum absolute atomic E-state index is 11.9. The van der Waals surface area contributed by atoms with E-state index in [1.54, 1.807) is 7.11 Å². The van der Waals surface area contributed by atoms with Crippen LogP contribution in [0.1, 0.15) is 17.5 Å². The topological polar surface area (TPSA) is 46.6 Å². The molecule has 1 aliphatic heterocycles. The van der Waals surface area contributed by atoms with Crippen molar-refractivity contribution < 1.29 is 13.2 Å². The zero-order valence-electron chi connectivity index (χ0n) is 14.2. The second kappa shape index (κ2) is 7.89. The summed E-state index contributed by atoms with van der Waals surface area (Å²) in [5, 5.41) is 0. The van der Waals surface area contributed by atoms with Crippen molar-refractivity contribution in [3.8, 4) is 5.75 Å². The lowest BCUT2D eigenvalue weighted by molar-refractivity contribution is 0.194. The van der Waals surface area contributed by atoms with E-state index in [0.717, 1.165) is 28.9 Å². The van der Waals surface area contributed by atoms with Gasteiger partial charge in [0.25, 0.3) is 0 Å². The molecular formula is C19H22BrNO3S. The molecule has 3 rings (SSSR count). The molecule has 1 fully saturated rings. The van der Waals surface area contributed by atoms with Crippen LogP contribution in [0.25, 0.3) is 0 Å². The van der Waals surface area contributed by atoms with Gasteiger partial charge in [-0.3, -0.25) is 4.90 Å². The van der Waals surface area contributed by atoms with E-state index >= 15 is 0 Å². The minimum Gasteiger partial charge on any atom is -0.497 e. The molecule has 0 bridgehead atoms. The van der Waals surface area contributed by atoms with E-state index in [1.165, 1.54) is 5.56 Å². The summed E-state index contributed by atoms with van der Waals surface area (Å²) in [7, 11) is -1.26. The predicted molar refractivity (Wildman–Crippen MR) is 103 cm³/mol. The van der Waals surface area contributed by atoms with E-state index < -0.39 is 9.84 Å². The minimum atomic E-state index is -2.91. The molecule has 0 spiro atoms. The number of rotatable bonds is 6. The first-order valence-electron chi connectivity index (χ1n) is 8.27. The maximum atomic E-state index is 11.9.